The number of rotatable bonds is 7. The standard InChI is InChI=1S/C20H23NO3/c1-13(2)18-10-9-17(11-19(18)24-12-14-3-4-14)21-16-7-5-15(6-8-16)20(22)23/h5-11,13-14,21H,3-4,12H2,1-2H3,(H,22,23). The Balaban J connectivity index is 1.76. The van der Waals surface area contributed by atoms with Gasteiger partial charge in [0.05, 0.1) is 12.2 Å². The SMILES string of the molecule is CC(C)c1ccc(Nc2ccc(C(=O)O)cc2)cc1OCC1CC1. The lowest BCUT2D eigenvalue weighted by Crippen LogP contribution is -2.03. The molecule has 1 fully saturated rings. The van der Waals surface area contributed by atoms with E-state index in [0.29, 0.717) is 11.8 Å². The largest absolute Gasteiger partial charge is 0.493 e. The third kappa shape index (κ3) is 4.07. The van der Waals surface area contributed by atoms with E-state index in [9.17, 15) is 4.79 Å². The van der Waals surface area contributed by atoms with Crippen molar-refractivity contribution in [3.05, 3.63) is 53.6 Å². The molecule has 2 aromatic carbocycles. The van der Waals surface area contributed by atoms with Gasteiger partial charge < -0.3 is 15.2 Å². The number of hydrogen-bond acceptors (Lipinski definition) is 3. The van der Waals surface area contributed by atoms with Crippen LogP contribution in [-0.2, 0) is 0 Å². The maximum absolute atomic E-state index is 10.9. The summed E-state index contributed by atoms with van der Waals surface area (Å²) < 4.78 is 6.03. The predicted molar refractivity (Wildman–Crippen MR) is 95.4 cm³/mol. The monoisotopic (exact) mass is 325 g/mol. The van der Waals surface area contributed by atoms with Crippen molar-refractivity contribution in [3.8, 4) is 5.75 Å². The second kappa shape index (κ2) is 6.95. The zero-order chi connectivity index (χ0) is 17.1. The van der Waals surface area contributed by atoms with Gasteiger partial charge in [0.1, 0.15) is 5.75 Å². The zero-order valence-electron chi connectivity index (χ0n) is 14.1. The van der Waals surface area contributed by atoms with E-state index in [0.717, 1.165) is 23.7 Å². The van der Waals surface area contributed by atoms with E-state index >= 15 is 0 Å². The number of aromatic carboxylic acids is 1. The molecule has 0 aliphatic heterocycles. The van der Waals surface area contributed by atoms with Gasteiger partial charge in [0, 0.05) is 17.4 Å². The van der Waals surface area contributed by atoms with Gasteiger partial charge in [-0.3, -0.25) is 0 Å². The van der Waals surface area contributed by atoms with Gasteiger partial charge in [-0.25, -0.2) is 4.79 Å². The first kappa shape index (κ1) is 16.4. The number of carboxylic acid groups (broad SMARTS) is 1. The Morgan fingerprint density at radius 1 is 1.17 bits per heavy atom. The minimum absolute atomic E-state index is 0.282. The Morgan fingerprint density at radius 2 is 1.83 bits per heavy atom. The summed E-state index contributed by atoms with van der Waals surface area (Å²) >= 11 is 0. The van der Waals surface area contributed by atoms with Gasteiger partial charge in [0.25, 0.3) is 0 Å². The summed E-state index contributed by atoms with van der Waals surface area (Å²) in [6.07, 6.45) is 2.54. The van der Waals surface area contributed by atoms with Crippen LogP contribution in [0.1, 0.15) is 48.5 Å². The van der Waals surface area contributed by atoms with Crippen LogP contribution in [0.3, 0.4) is 0 Å². The Hall–Kier alpha value is -2.49. The van der Waals surface area contributed by atoms with Gasteiger partial charge in [-0.1, -0.05) is 19.9 Å². The van der Waals surface area contributed by atoms with Gasteiger partial charge in [0.15, 0.2) is 0 Å². The van der Waals surface area contributed by atoms with Crippen LogP contribution in [-0.4, -0.2) is 17.7 Å². The first-order valence-electron chi connectivity index (χ1n) is 8.40. The predicted octanol–water partition coefficient (Wildman–Crippen LogP) is 5.04. The van der Waals surface area contributed by atoms with Crippen LogP contribution in [0.25, 0.3) is 0 Å². The highest BCUT2D eigenvalue weighted by atomic mass is 16.5. The van der Waals surface area contributed by atoms with Crippen LogP contribution in [0.4, 0.5) is 11.4 Å². The third-order valence-electron chi connectivity index (χ3n) is 4.23. The molecule has 1 aliphatic rings. The highest BCUT2D eigenvalue weighted by Crippen LogP contribution is 2.34. The molecule has 3 rings (SSSR count). The molecule has 2 N–H and O–H groups in total. The lowest BCUT2D eigenvalue weighted by molar-refractivity contribution is 0.0697. The summed E-state index contributed by atoms with van der Waals surface area (Å²) in [4.78, 5) is 10.9. The molecule has 0 saturated heterocycles. The van der Waals surface area contributed by atoms with Crippen molar-refractivity contribution in [1.29, 1.82) is 0 Å². The summed E-state index contributed by atoms with van der Waals surface area (Å²) in [7, 11) is 0. The van der Waals surface area contributed by atoms with Crippen LogP contribution >= 0.6 is 0 Å². The normalized spacial score (nSPS) is 13.8. The van der Waals surface area contributed by atoms with Gasteiger partial charge in [-0.05, 0) is 60.6 Å². The summed E-state index contributed by atoms with van der Waals surface area (Å²) in [5.74, 6) is 1.14. The minimum atomic E-state index is -0.918. The molecule has 4 heteroatoms. The molecule has 0 amide bonds. The van der Waals surface area contributed by atoms with Crippen molar-refractivity contribution in [2.75, 3.05) is 11.9 Å². The molecule has 2 aromatic rings. The average Bonchev–Trinajstić information content (AvgIpc) is 3.37. The lowest BCUT2D eigenvalue weighted by atomic mass is 10.0. The van der Waals surface area contributed by atoms with Gasteiger partial charge in [0.2, 0.25) is 0 Å². The molecule has 4 nitrogen and oxygen atoms in total. The van der Waals surface area contributed by atoms with Crippen molar-refractivity contribution < 1.29 is 14.6 Å². The lowest BCUT2D eigenvalue weighted by Gasteiger charge is -2.16. The van der Waals surface area contributed by atoms with E-state index in [1.165, 1.54) is 18.4 Å². The fourth-order valence-electron chi connectivity index (χ4n) is 2.57. The minimum Gasteiger partial charge on any atom is -0.493 e. The molecule has 126 valence electrons. The van der Waals surface area contributed by atoms with Crippen molar-refractivity contribution in [2.45, 2.75) is 32.6 Å². The van der Waals surface area contributed by atoms with E-state index in [1.54, 1.807) is 24.3 Å². The maximum Gasteiger partial charge on any atom is 0.335 e. The summed E-state index contributed by atoms with van der Waals surface area (Å²) in [5, 5.41) is 12.3. The highest BCUT2D eigenvalue weighted by Gasteiger charge is 2.22. The van der Waals surface area contributed by atoms with Crippen LogP contribution in [0.15, 0.2) is 42.5 Å². The topological polar surface area (TPSA) is 58.6 Å². The van der Waals surface area contributed by atoms with Gasteiger partial charge >= 0.3 is 5.97 Å². The van der Waals surface area contributed by atoms with E-state index in [4.69, 9.17) is 9.84 Å². The van der Waals surface area contributed by atoms with E-state index < -0.39 is 5.97 Å². The molecular formula is C20H23NO3. The summed E-state index contributed by atoms with van der Waals surface area (Å²) in [5.41, 5.74) is 3.28. The van der Waals surface area contributed by atoms with Crippen LogP contribution < -0.4 is 10.1 Å². The molecule has 0 unspecified atom stereocenters. The molecular weight excluding hydrogens is 302 g/mol. The fraction of sp³-hybridized carbons (Fsp3) is 0.350. The third-order valence-corrected chi connectivity index (χ3v) is 4.23. The quantitative estimate of drug-likeness (QED) is 0.748. The second-order valence-electron chi connectivity index (χ2n) is 6.67. The first-order valence-corrected chi connectivity index (χ1v) is 8.40. The summed E-state index contributed by atoms with van der Waals surface area (Å²) in [6.45, 7) is 5.12. The van der Waals surface area contributed by atoms with E-state index in [1.807, 2.05) is 12.1 Å². The fourth-order valence-corrected chi connectivity index (χ4v) is 2.57. The molecule has 0 bridgehead atoms. The van der Waals surface area contributed by atoms with Crippen LogP contribution in [0, 0.1) is 5.92 Å². The number of ether oxygens (including phenoxy) is 1. The molecule has 0 heterocycles. The molecule has 0 spiro atoms. The van der Waals surface area contributed by atoms with Crippen LogP contribution in [0.2, 0.25) is 0 Å². The Labute approximate surface area is 142 Å². The zero-order valence-corrected chi connectivity index (χ0v) is 14.1. The Kier molecular flexibility index (Phi) is 4.74. The van der Waals surface area contributed by atoms with Crippen LogP contribution in [0.5, 0.6) is 5.75 Å². The molecule has 0 atom stereocenters. The first-order chi connectivity index (χ1) is 11.5. The maximum atomic E-state index is 10.9. The molecule has 0 aromatic heterocycles. The molecule has 24 heavy (non-hydrogen) atoms. The van der Waals surface area contributed by atoms with E-state index in [-0.39, 0.29) is 5.56 Å². The number of benzene rings is 2. The number of carboxylic acids is 1. The second-order valence-corrected chi connectivity index (χ2v) is 6.67. The Morgan fingerprint density at radius 3 is 2.42 bits per heavy atom. The number of anilines is 2. The van der Waals surface area contributed by atoms with Crippen molar-refractivity contribution in [2.24, 2.45) is 5.92 Å². The molecule has 1 aliphatic carbocycles. The number of hydrogen-bond donors (Lipinski definition) is 2. The summed E-state index contributed by atoms with van der Waals surface area (Å²) in [6, 6.07) is 12.9. The number of nitrogens with one attached hydrogen (secondary N) is 1. The van der Waals surface area contributed by atoms with Crippen molar-refractivity contribution >= 4 is 17.3 Å². The smallest absolute Gasteiger partial charge is 0.335 e. The van der Waals surface area contributed by atoms with Gasteiger partial charge in [-0.2, -0.15) is 0 Å². The van der Waals surface area contributed by atoms with Crippen molar-refractivity contribution in [3.63, 3.8) is 0 Å². The number of carbonyl (C=O) groups is 1. The molecule has 0 radical (unpaired) electrons. The van der Waals surface area contributed by atoms with Crippen molar-refractivity contribution in [1.82, 2.24) is 0 Å². The Bertz CT molecular complexity index is 718. The molecule has 1 saturated carbocycles. The highest BCUT2D eigenvalue weighted by molar-refractivity contribution is 5.88. The van der Waals surface area contributed by atoms with E-state index in [2.05, 4.69) is 25.2 Å². The van der Waals surface area contributed by atoms with Gasteiger partial charge in [-0.15, -0.1) is 0 Å². The average molecular weight is 325 g/mol.